The van der Waals surface area contributed by atoms with E-state index in [0.717, 1.165) is 16.9 Å². The molecule has 0 aliphatic carbocycles. The number of aromatic nitrogens is 2. The number of carboxylic acids is 1. The molecule has 1 aromatic heterocycles. The van der Waals surface area contributed by atoms with Crippen LogP contribution in [0.2, 0.25) is 0 Å². The Kier molecular flexibility index (Phi) is 6.08. The van der Waals surface area contributed by atoms with Crippen LogP contribution in [0.3, 0.4) is 0 Å². The zero-order valence-corrected chi connectivity index (χ0v) is 19.5. The van der Waals surface area contributed by atoms with Crippen LogP contribution in [0.1, 0.15) is 45.4 Å². The van der Waals surface area contributed by atoms with E-state index in [4.69, 9.17) is 9.72 Å². The minimum atomic E-state index is -1.18. The number of nitrogens with one attached hydrogen (secondary N) is 1. The molecule has 0 radical (unpaired) electrons. The van der Waals surface area contributed by atoms with Gasteiger partial charge in [0.25, 0.3) is 11.5 Å². The Bertz CT molecular complexity index is 1600. The van der Waals surface area contributed by atoms with Gasteiger partial charge >= 0.3 is 5.97 Å². The number of hydrogen-bond donors (Lipinski definition) is 2. The lowest BCUT2D eigenvalue weighted by molar-refractivity contribution is 0.0692. The minimum Gasteiger partial charge on any atom is -0.494 e. The van der Waals surface area contributed by atoms with Gasteiger partial charge in [0.15, 0.2) is 0 Å². The third-order valence-corrected chi connectivity index (χ3v) is 6.02. The van der Waals surface area contributed by atoms with Crippen LogP contribution in [0.25, 0.3) is 22.6 Å². The SMILES string of the molecule is CCOc1cccc(/C=C2/CCn3c2nc2cc(NC(=O)c4ccccc4C(=O)O)ccc2c3=O)c1. The number of nitrogens with zero attached hydrogens (tertiary/aromatic N) is 2. The van der Waals surface area contributed by atoms with Crippen molar-refractivity contribution in [3.05, 3.63) is 99.6 Å². The molecule has 1 aliphatic heterocycles. The average molecular weight is 482 g/mol. The second-order valence-electron chi connectivity index (χ2n) is 8.35. The number of carbonyl (C=O) groups is 2. The molecule has 1 amide bonds. The fraction of sp³-hybridized carbons (Fsp3) is 0.143. The van der Waals surface area contributed by atoms with Gasteiger partial charge in [0.2, 0.25) is 0 Å². The number of anilines is 1. The van der Waals surface area contributed by atoms with E-state index in [1.54, 1.807) is 34.9 Å². The van der Waals surface area contributed by atoms with Crippen LogP contribution < -0.4 is 15.6 Å². The third kappa shape index (κ3) is 4.36. The number of aromatic carboxylic acids is 1. The van der Waals surface area contributed by atoms with E-state index in [-0.39, 0.29) is 16.7 Å². The number of benzene rings is 3. The Labute approximate surface area is 206 Å². The number of carboxylic acid groups (broad SMARTS) is 1. The third-order valence-electron chi connectivity index (χ3n) is 6.02. The second kappa shape index (κ2) is 9.50. The van der Waals surface area contributed by atoms with Crippen molar-refractivity contribution in [1.29, 1.82) is 0 Å². The molecule has 4 aromatic rings. The highest BCUT2D eigenvalue weighted by molar-refractivity contribution is 6.11. The van der Waals surface area contributed by atoms with Crippen molar-refractivity contribution in [3.63, 3.8) is 0 Å². The first-order valence-corrected chi connectivity index (χ1v) is 11.6. The van der Waals surface area contributed by atoms with Crippen LogP contribution in [-0.2, 0) is 6.54 Å². The standard InChI is InChI=1S/C28H23N3O5/c1-2-36-20-7-5-6-17(15-20)14-18-12-13-31-25(18)30-24-16-19(10-11-23(24)27(31)33)29-26(32)21-8-3-4-9-22(21)28(34)35/h3-11,14-16H,2,12-13H2,1H3,(H,29,32)(H,34,35)/b18-14-. The largest absolute Gasteiger partial charge is 0.494 e. The molecule has 180 valence electrons. The molecular weight excluding hydrogens is 458 g/mol. The molecule has 36 heavy (non-hydrogen) atoms. The van der Waals surface area contributed by atoms with Gasteiger partial charge in [-0.15, -0.1) is 0 Å². The molecule has 2 heterocycles. The van der Waals surface area contributed by atoms with Crippen LogP contribution in [0.15, 0.2) is 71.5 Å². The predicted octanol–water partition coefficient (Wildman–Crippen LogP) is 4.69. The first-order valence-electron chi connectivity index (χ1n) is 11.6. The highest BCUT2D eigenvalue weighted by Crippen LogP contribution is 2.29. The molecule has 0 fully saturated rings. The van der Waals surface area contributed by atoms with Gasteiger partial charge in [0, 0.05) is 12.2 Å². The quantitative estimate of drug-likeness (QED) is 0.413. The first kappa shape index (κ1) is 23.0. The van der Waals surface area contributed by atoms with Gasteiger partial charge in [0.05, 0.1) is 28.6 Å². The number of allylic oxidation sites excluding steroid dienone is 1. The van der Waals surface area contributed by atoms with Crippen molar-refractivity contribution in [2.75, 3.05) is 11.9 Å². The summed E-state index contributed by atoms with van der Waals surface area (Å²) in [5, 5.41) is 12.5. The van der Waals surface area contributed by atoms with Gasteiger partial charge < -0.3 is 15.2 Å². The van der Waals surface area contributed by atoms with E-state index in [0.29, 0.717) is 42.0 Å². The average Bonchev–Trinajstić information content (AvgIpc) is 3.27. The maximum Gasteiger partial charge on any atom is 0.336 e. The summed E-state index contributed by atoms with van der Waals surface area (Å²) in [6.07, 6.45) is 2.68. The maximum atomic E-state index is 13.2. The second-order valence-corrected chi connectivity index (χ2v) is 8.35. The number of carbonyl (C=O) groups excluding carboxylic acids is 1. The lowest BCUT2D eigenvalue weighted by atomic mass is 10.1. The Hall–Kier alpha value is -4.72. The lowest BCUT2D eigenvalue weighted by Gasteiger charge is -2.10. The highest BCUT2D eigenvalue weighted by atomic mass is 16.5. The Morgan fingerprint density at radius 3 is 2.67 bits per heavy atom. The highest BCUT2D eigenvalue weighted by Gasteiger charge is 2.22. The summed E-state index contributed by atoms with van der Waals surface area (Å²) in [6.45, 7) is 3.05. The topological polar surface area (TPSA) is 111 Å². The van der Waals surface area contributed by atoms with Gasteiger partial charge in [-0.1, -0.05) is 24.3 Å². The lowest BCUT2D eigenvalue weighted by Crippen LogP contribution is -2.21. The zero-order chi connectivity index (χ0) is 25.2. The molecule has 0 spiro atoms. The summed E-state index contributed by atoms with van der Waals surface area (Å²) in [7, 11) is 0. The monoisotopic (exact) mass is 481 g/mol. The summed E-state index contributed by atoms with van der Waals surface area (Å²) >= 11 is 0. The molecule has 5 rings (SSSR count). The molecule has 0 atom stereocenters. The number of fused-ring (bicyclic) bond motifs is 2. The number of amides is 1. The van der Waals surface area contributed by atoms with Gasteiger partial charge in [-0.05, 0) is 73.0 Å². The zero-order valence-electron chi connectivity index (χ0n) is 19.5. The van der Waals surface area contributed by atoms with Crippen LogP contribution in [-0.4, -0.2) is 33.1 Å². The van der Waals surface area contributed by atoms with Gasteiger partial charge in [-0.3, -0.25) is 14.2 Å². The van der Waals surface area contributed by atoms with E-state index < -0.39 is 11.9 Å². The summed E-state index contributed by atoms with van der Waals surface area (Å²) in [6, 6.07) is 18.6. The van der Waals surface area contributed by atoms with Gasteiger partial charge in [-0.2, -0.15) is 0 Å². The summed E-state index contributed by atoms with van der Waals surface area (Å²) in [5.74, 6) is -0.372. The number of rotatable bonds is 6. The normalized spacial score (nSPS) is 13.5. The molecule has 0 saturated carbocycles. The summed E-state index contributed by atoms with van der Waals surface area (Å²) in [5.41, 5.74) is 2.57. The number of hydrogen-bond acceptors (Lipinski definition) is 5. The van der Waals surface area contributed by atoms with E-state index in [9.17, 15) is 19.5 Å². The molecule has 8 heteroatoms. The van der Waals surface area contributed by atoms with Crippen molar-refractivity contribution < 1.29 is 19.4 Å². The maximum absolute atomic E-state index is 13.2. The van der Waals surface area contributed by atoms with Crippen molar-refractivity contribution in [1.82, 2.24) is 9.55 Å². The predicted molar refractivity (Wildman–Crippen MR) is 137 cm³/mol. The molecular formula is C28H23N3O5. The Morgan fingerprint density at radius 1 is 1.08 bits per heavy atom. The van der Waals surface area contributed by atoms with E-state index in [1.807, 2.05) is 37.3 Å². The van der Waals surface area contributed by atoms with E-state index in [1.165, 1.54) is 12.1 Å². The first-order chi connectivity index (χ1) is 17.4. The summed E-state index contributed by atoms with van der Waals surface area (Å²) in [4.78, 5) is 42.2. The Balaban J connectivity index is 1.50. The molecule has 0 bridgehead atoms. The molecule has 2 N–H and O–H groups in total. The summed E-state index contributed by atoms with van der Waals surface area (Å²) < 4.78 is 7.26. The van der Waals surface area contributed by atoms with Crippen LogP contribution >= 0.6 is 0 Å². The minimum absolute atomic E-state index is 0.0478. The fourth-order valence-electron chi connectivity index (χ4n) is 4.36. The van der Waals surface area contributed by atoms with Crippen LogP contribution in [0.4, 0.5) is 5.69 Å². The Morgan fingerprint density at radius 2 is 1.89 bits per heavy atom. The molecule has 1 aliphatic rings. The van der Waals surface area contributed by atoms with E-state index >= 15 is 0 Å². The van der Waals surface area contributed by atoms with Crippen LogP contribution in [0.5, 0.6) is 5.75 Å². The number of ether oxygens (including phenoxy) is 1. The van der Waals surface area contributed by atoms with Crippen molar-refractivity contribution >= 4 is 40.1 Å². The van der Waals surface area contributed by atoms with Crippen molar-refractivity contribution in [2.24, 2.45) is 0 Å². The van der Waals surface area contributed by atoms with Crippen molar-refractivity contribution in [2.45, 2.75) is 19.9 Å². The van der Waals surface area contributed by atoms with Crippen molar-refractivity contribution in [3.8, 4) is 5.75 Å². The molecule has 0 unspecified atom stereocenters. The van der Waals surface area contributed by atoms with Crippen LogP contribution in [0, 0.1) is 0 Å². The van der Waals surface area contributed by atoms with Gasteiger partial charge in [0.1, 0.15) is 11.6 Å². The molecule has 3 aromatic carbocycles. The fourth-order valence-corrected chi connectivity index (χ4v) is 4.36. The molecule has 0 saturated heterocycles. The van der Waals surface area contributed by atoms with Gasteiger partial charge in [-0.25, -0.2) is 9.78 Å². The van der Waals surface area contributed by atoms with E-state index in [2.05, 4.69) is 5.32 Å². The molecule has 8 nitrogen and oxygen atoms in total. The smallest absolute Gasteiger partial charge is 0.336 e.